The highest BCUT2D eigenvalue weighted by Gasteiger charge is 2.13. The molecule has 156 valence electrons. The summed E-state index contributed by atoms with van der Waals surface area (Å²) in [6.45, 7) is 4.43. The topological polar surface area (TPSA) is 54.5 Å². The minimum absolute atomic E-state index is 0.146. The Hall–Kier alpha value is -3.06. The summed E-state index contributed by atoms with van der Waals surface area (Å²) in [5, 5.41) is 3.57. The van der Waals surface area contributed by atoms with Crippen molar-refractivity contribution in [2.45, 2.75) is 6.54 Å². The number of carbonyl (C=O) groups is 1. The van der Waals surface area contributed by atoms with Crippen LogP contribution in [0.15, 0.2) is 72.8 Å². The van der Waals surface area contributed by atoms with Crippen LogP contribution in [0.4, 0.5) is 5.13 Å². The van der Waals surface area contributed by atoms with Gasteiger partial charge in [0, 0.05) is 25.2 Å². The van der Waals surface area contributed by atoms with Crippen molar-refractivity contribution >= 4 is 32.6 Å². The van der Waals surface area contributed by atoms with E-state index in [1.54, 1.807) is 0 Å². The van der Waals surface area contributed by atoms with Crippen molar-refractivity contribution in [3.05, 3.63) is 83.9 Å². The fourth-order valence-electron chi connectivity index (χ4n) is 3.75. The van der Waals surface area contributed by atoms with Crippen molar-refractivity contribution in [2.24, 2.45) is 0 Å². The summed E-state index contributed by atoms with van der Waals surface area (Å²) in [6, 6.07) is 24.1. The van der Waals surface area contributed by atoms with Gasteiger partial charge < -0.3 is 4.74 Å². The Labute approximate surface area is 185 Å². The summed E-state index contributed by atoms with van der Waals surface area (Å²) in [6.07, 6.45) is 0. The average molecular weight is 430 g/mol. The number of nitrogens with zero attached hydrogens (tertiary/aromatic N) is 2. The quantitative estimate of drug-likeness (QED) is 0.482. The van der Waals surface area contributed by atoms with E-state index in [1.165, 1.54) is 16.9 Å². The van der Waals surface area contributed by atoms with Crippen LogP contribution in [0.1, 0.15) is 15.9 Å². The molecule has 0 aliphatic carbocycles. The molecule has 0 spiro atoms. The first-order chi connectivity index (χ1) is 15.2. The van der Waals surface area contributed by atoms with Gasteiger partial charge in [-0.25, -0.2) is 4.98 Å². The zero-order valence-corrected chi connectivity index (χ0v) is 17.9. The zero-order valence-electron chi connectivity index (χ0n) is 17.1. The van der Waals surface area contributed by atoms with Gasteiger partial charge in [-0.2, -0.15) is 0 Å². The molecule has 1 aliphatic rings. The maximum atomic E-state index is 12.7. The first kappa shape index (κ1) is 19.9. The van der Waals surface area contributed by atoms with Crippen LogP contribution < -0.4 is 5.32 Å². The molecule has 5 nitrogen and oxygen atoms in total. The number of thiazole rings is 1. The second kappa shape index (κ2) is 8.98. The predicted molar refractivity (Wildman–Crippen MR) is 126 cm³/mol. The van der Waals surface area contributed by atoms with Crippen molar-refractivity contribution < 1.29 is 9.53 Å². The van der Waals surface area contributed by atoms with E-state index in [0.717, 1.165) is 54.2 Å². The van der Waals surface area contributed by atoms with Gasteiger partial charge in [-0.05, 0) is 41.0 Å². The average Bonchev–Trinajstić information content (AvgIpc) is 3.22. The molecule has 1 aliphatic heterocycles. The summed E-state index contributed by atoms with van der Waals surface area (Å²) in [5.41, 5.74) is 5.00. The van der Waals surface area contributed by atoms with Crippen molar-refractivity contribution in [3.63, 3.8) is 0 Å². The van der Waals surface area contributed by atoms with Crippen LogP contribution in [-0.4, -0.2) is 42.1 Å². The van der Waals surface area contributed by atoms with Crippen molar-refractivity contribution in [2.75, 3.05) is 31.6 Å². The molecule has 5 rings (SSSR count). The smallest absolute Gasteiger partial charge is 0.257 e. The molecule has 6 heteroatoms. The van der Waals surface area contributed by atoms with E-state index in [1.807, 2.05) is 48.5 Å². The zero-order chi connectivity index (χ0) is 21.0. The summed E-state index contributed by atoms with van der Waals surface area (Å²) in [5.74, 6) is -0.146. The van der Waals surface area contributed by atoms with Gasteiger partial charge in [0.05, 0.1) is 23.4 Å². The molecule has 2 heterocycles. The number of nitrogens with one attached hydrogen (secondary N) is 1. The molecule has 0 atom stereocenters. The number of carbonyl (C=O) groups excluding carboxylic acids is 1. The number of aromatic nitrogens is 1. The number of amides is 1. The Bertz CT molecular complexity index is 1180. The van der Waals surface area contributed by atoms with Crippen LogP contribution in [-0.2, 0) is 11.3 Å². The molecule has 0 unspecified atom stereocenters. The highest BCUT2D eigenvalue weighted by Crippen LogP contribution is 2.28. The fourth-order valence-corrected chi connectivity index (χ4v) is 4.68. The first-order valence-electron chi connectivity index (χ1n) is 10.4. The van der Waals surface area contributed by atoms with E-state index in [-0.39, 0.29) is 5.91 Å². The molecule has 0 radical (unpaired) electrons. The number of morpholine rings is 1. The van der Waals surface area contributed by atoms with E-state index in [2.05, 4.69) is 39.5 Å². The maximum Gasteiger partial charge on any atom is 0.257 e. The Balaban J connectivity index is 1.27. The van der Waals surface area contributed by atoms with E-state index >= 15 is 0 Å². The molecule has 31 heavy (non-hydrogen) atoms. The molecular weight excluding hydrogens is 406 g/mol. The van der Waals surface area contributed by atoms with Crippen LogP contribution in [0.25, 0.3) is 21.3 Å². The van der Waals surface area contributed by atoms with Gasteiger partial charge in [0.25, 0.3) is 5.91 Å². The van der Waals surface area contributed by atoms with Gasteiger partial charge in [0.2, 0.25) is 0 Å². The van der Waals surface area contributed by atoms with Crippen LogP contribution in [0.3, 0.4) is 0 Å². The number of fused-ring (bicyclic) bond motifs is 1. The van der Waals surface area contributed by atoms with E-state index < -0.39 is 0 Å². The third kappa shape index (κ3) is 4.66. The molecule has 0 saturated carbocycles. The number of hydrogen-bond donors (Lipinski definition) is 1. The normalized spacial score (nSPS) is 14.6. The minimum atomic E-state index is -0.146. The molecular formula is C25H23N3O2S. The lowest BCUT2D eigenvalue weighted by atomic mass is 10.0. The summed E-state index contributed by atoms with van der Waals surface area (Å²) >= 11 is 1.51. The molecule has 1 aromatic heterocycles. The predicted octanol–water partition coefficient (Wildman–Crippen LogP) is 5.05. The summed E-state index contributed by atoms with van der Waals surface area (Å²) in [4.78, 5) is 19.7. The first-order valence-corrected chi connectivity index (χ1v) is 11.2. The van der Waals surface area contributed by atoms with Crippen LogP contribution in [0, 0.1) is 0 Å². The molecule has 1 amide bonds. The highest BCUT2D eigenvalue weighted by atomic mass is 32.1. The lowest BCUT2D eigenvalue weighted by Gasteiger charge is -2.26. The Morgan fingerprint density at radius 1 is 0.968 bits per heavy atom. The van der Waals surface area contributed by atoms with Crippen molar-refractivity contribution in [1.82, 2.24) is 9.88 Å². The lowest BCUT2D eigenvalue weighted by molar-refractivity contribution is 0.0342. The molecule has 1 N–H and O–H groups in total. The number of hydrogen-bond acceptors (Lipinski definition) is 5. The molecule has 3 aromatic carbocycles. The minimum Gasteiger partial charge on any atom is -0.379 e. The van der Waals surface area contributed by atoms with Gasteiger partial charge in [-0.15, -0.1) is 0 Å². The Morgan fingerprint density at radius 2 is 1.71 bits per heavy atom. The summed E-state index contributed by atoms with van der Waals surface area (Å²) < 4.78 is 6.51. The fraction of sp³-hybridized carbons (Fsp3) is 0.200. The lowest BCUT2D eigenvalue weighted by Crippen LogP contribution is -2.35. The number of benzene rings is 3. The Kier molecular flexibility index (Phi) is 5.76. The van der Waals surface area contributed by atoms with E-state index in [4.69, 9.17) is 4.74 Å². The molecule has 4 aromatic rings. The highest BCUT2D eigenvalue weighted by molar-refractivity contribution is 7.22. The van der Waals surface area contributed by atoms with Gasteiger partial charge >= 0.3 is 0 Å². The monoisotopic (exact) mass is 429 g/mol. The summed E-state index contributed by atoms with van der Waals surface area (Å²) in [7, 11) is 0. The Morgan fingerprint density at radius 3 is 2.48 bits per heavy atom. The molecule has 1 saturated heterocycles. The number of ether oxygens (including phenoxy) is 1. The second-order valence-electron chi connectivity index (χ2n) is 7.61. The largest absolute Gasteiger partial charge is 0.379 e. The van der Waals surface area contributed by atoms with Crippen LogP contribution in [0.2, 0.25) is 0 Å². The van der Waals surface area contributed by atoms with Gasteiger partial charge in [-0.1, -0.05) is 59.9 Å². The van der Waals surface area contributed by atoms with Crippen LogP contribution >= 0.6 is 11.3 Å². The van der Waals surface area contributed by atoms with Gasteiger partial charge in [0.1, 0.15) is 0 Å². The second-order valence-corrected chi connectivity index (χ2v) is 8.64. The van der Waals surface area contributed by atoms with Crippen molar-refractivity contribution in [1.29, 1.82) is 0 Å². The van der Waals surface area contributed by atoms with Gasteiger partial charge in [0.15, 0.2) is 5.13 Å². The van der Waals surface area contributed by atoms with Crippen LogP contribution in [0.5, 0.6) is 0 Å². The molecule has 0 bridgehead atoms. The van der Waals surface area contributed by atoms with E-state index in [9.17, 15) is 4.79 Å². The van der Waals surface area contributed by atoms with Gasteiger partial charge in [-0.3, -0.25) is 15.0 Å². The van der Waals surface area contributed by atoms with Crippen molar-refractivity contribution in [3.8, 4) is 11.1 Å². The maximum absolute atomic E-state index is 12.7. The standard InChI is InChI=1S/C25H23N3O2S/c29-24(21-9-7-20(8-10-21)19-4-2-1-3-5-19)27-25-26-22-11-6-18(16-23(22)31-25)17-28-12-14-30-15-13-28/h1-11,16H,12-15,17H2,(H,26,27,29). The van der Waals surface area contributed by atoms with E-state index in [0.29, 0.717) is 10.7 Å². The number of rotatable bonds is 5. The third-order valence-electron chi connectivity index (χ3n) is 5.44. The third-order valence-corrected chi connectivity index (χ3v) is 6.37. The molecule has 1 fully saturated rings. The number of anilines is 1. The SMILES string of the molecule is O=C(Nc1nc2ccc(CN3CCOCC3)cc2s1)c1ccc(-c2ccccc2)cc1.